The predicted molar refractivity (Wildman–Crippen MR) is 76.1 cm³/mol. The van der Waals surface area contributed by atoms with Crippen LogP contribution in [0.15, 0.2) is 24.3 Å². The number of benzene rings is 1. The van der Waals surface area contributed by atoms with Crippen molar-refractivity contribution < 1.29 is 19.1 Å². The molecule has 0 saturated carbocycles. The molecular formula is C12H16Cl2O4P+. The maximum Gasteiger partial charge on any atom is 0.695 e. The minimum absolute atomic E-state index is 0.165. The van der Waals surface area contributed by atoms with Crippen molar-refractivity contribution in [1.29, 1.82) is 0 Å². The van der Waals surface area contributed by atoms with E-state index >= 15 is 0 Å². The summed E-state index contributed by atoms with van der Waals surface area (Å²) in [6.07, 6.45) is 1.25. The normalized spacial score (nSPS) is 12.5. The van der Waals surface area contributed by atoms with E-state index in [0.29, 0.717) is 31.0 Å². The lowest BCUT2D eigenvalue weighted by molar-refractivity contribution is 0.0585. The van der Waals surface area contributed by atoms with E-state index in [-0.39, 0.29) is 5.75 Å². The van der Waals surface area contributed by atoms with Gasteiger partial charge in [0, 0.05) is 22.7 Å². The van der Waals surface area contributed by atoms with E-state index in [2.05, 4.69) is 0 Å². The molecular weight excluding hydrogens is 310 g/mol. The number of phenolic OH excluding ortho intramolecular Hbond substituents is 1. The van der Waals surface area contributed by atoms with E-state index in [1.165, 1.54) is 0 Å². The third-order valence-electron chi connectivity index (χ3n) is 2.83. The van der Waals surface area contributed by atoms with Gasteiger partial charge in [-0.05, 0) is 30.5 Å². The molecule has 1 atom stereocenters. The lowest BCUT2D eigenvalue weighted by Crippen LogP contribution is -2.34. The van der Waals surface area contributed by atoms with E-state index in [1.807, 2.05) is 0 Å². The van der Waals surface area contributed by atoms with Crippen LogP contribution in [0, 0.1) is 0 Å². The van der Waals surface area contributed by atoms with Gasteiger partial charge < -0.3 is 5.11 Å². The molecule has 0 amide bonds. The van der Waals surface area contributed by atoms with Crippen LogP contribution in [0.4, 0.5) is 0 Å². The molecule has 4 nitrogen and oxygen atoms in total. The van der Waals surface area contributed by atoms with Crippen LogP contribution in [-0.4, -0.2) is 27.4 Å². The number of aromatic hydroxyl groups is 1. The Bertz CT molecular complexity index is 405. The highest BCUT2D eigenvalue weighted by Gasteiger charge is 2.39. The molecule has 1 unspecified atom stereocenters. The fraction of sp³-hybridized carbons (Fsp3) is 0.500. The molecule has 2 N–H and O–H groups in total. The van der Waals surface area contributed by atoms with Crippen molar-refractivity contribution in [2.45, 2.75) is 24.9 Å². The molecule has 1 aromatic rings. The maximum absolute atomic E-state index is 11.0. The quantitative estimate of drug-likeness (QED) is 0.566. The zero-order chi connectivity index (χ0) is 14.3. The molecule has 19 heavy (non-hydrogen) atoms. The second kappa shape index (κ2) is 8.03. The summed E-state index contributed by atoms with van der Waals surface area (Å²) in [6, 6.07) is 6.58. The van der Waals surface area contributed by atoms with Gasteiger partial charge in [-0.15, -0.1) is 32.6 Å². The number of rotatable bonds is 8. The number of hydrogen-bond donors (Lipinski definition) is 2. The van der Waals surface area contributed by atoms with Crippen molar-refractivity contribution in [3.63, 3.8) is 0 Å². The van der Waals surface area contributed by atoms with Gasteiger partial charge >= 0.3 is 8.25 Å². The summed E-state index contributed by atoms with van der Waals surface area (Å²) in [5.74, 6) is 0.772. The van der Waals surface area contributed by atoms with Crippen LogP contribution in [-0.2, 0) is 15.5 Å². The number of phenols is 1. The topological polar surface area (TPSA) is 66.8 Å². The lowest BCUT2D eigenvalue weighted by atomic mass is 9.89. The Hall–Kier alpha value is -0.380. The molecule has 1 rings (SSSR count). The average molecular weight is 326 g/mol. The van der Waals surface area contributed by atoms with Crippen molar-refractivity contribution in [1.82, 2.24) is 0 Å². The first-order valence-electron chi connectivity index (χ1n) is 5.76. The molecule has 7 heteroatoms. The zero-order valence-corrected chi connectivity index (χ0v) is 12.7. The van der Waals surface area contributed by atoms with Crippen molar-refractivity contribution >= 4 is 31.5 Å². The minimum Gasteiger partial charge on any atom is -0.508 e. The first-order valence-corrected chi connectivity index (χ1v) is 7.96. The van der Waals surface area contributed by atoms with Gasteiger partial charge in [-0.3, -0.25) is 0 Å². The molecule has 0 aliphatic rings. The van der Waals surface area contributed by atoms with Crippen molar-refractivity contribution in [2.24, 2.45) is 0 Å². The molecule has 0 heterocycles. The van der Waals surface area contributed by atoms with E-state index in [9.17, 15) is 9.67 Å². The van der Waals surface area contributed by atoms with Crippen molar-refractivity contribution in [2.75, 3.05) is 11.8 Å². The summed E-state index contributed by atoms with van der Waals surface area (Å²) >= 11 is 11.5. The molecule has 0 radical (unpaired) electrons. The summed E-state index contributed by atoms with van der Waals surface area (Å²) in [5, 5.41) is 9.25. The number of halogens is 2. The Morgan fingerprint density at radius 1 is 1.16 bits per heavy atom. The van der Waals surface area contributed by atoms with Gasteiger partial charge in [-0.25, -0.2) is 0 Å². The Balaban J connectivity index is 2.93. The van der Waals surface area contributed by atoms with Gasteiger partial charge in [0.15, 0.2) is 0 Å². The van der Waals surface area contributed by atoms with Crippen LogP contribution < -0.4 is 0 Å². The molecule has 0 bridgehead atoms. The van der Waals surface area contributed by atoms with Gasteiger partial charge in [0.1, 0.15) is 11.4 Å². The molecule has 106 valence electrons. The fourth-order valence-corrected chi connectivity index (χ4v) is 3.19. The molecule has 0 aliphatic carbocycles. The third kappa shape index (κ3) is 5.64. The van der Waals surface area contributed by atoms with Crippen LogP contribution in [0.2, 0.25) is 0 Å². The highest BCUT2D eigenvalue weighted by atomic mass is 35.5. The van der Waals surface area contributed by atoms with Crippen LogP contribution >= 0.6 is 31.5 Å². The summed E-state index contributed by atoms with van der Waals surface area (Å²) < 4.78 is 16.2. The van der Waals surface area contributed by atoms with Crippen molar-refractivity contribution in [3.05, 3.63) is 29.8 Å². The van der Waals surface area contributed by atoms with Gasteiger partial charge in [0.05, 0.1) is 0 Å². The monoisotopic (exact) mass is 325 g/mol. The predicted octanol–water partition coefficient (Wildman–Crippen LogP) is 3.60. The Morgan fingerprint density at radius 2 is 1.68 bits per heavy atom. The first-order chi connectivity index (χ1) is 9.01. The molecule has 0 fully saturated rings. The first kappa shape index (κ1) is 16.7. The molecule has 1 aromatic carbocycles. The van der Waals surface area contributed by atoms with Gasteiger partial charge in [-0.1, -0.05) is 12.1 Å². The van der Waals surface area contributed by atoms with Crippen molar-refractivity contribution in [3.8, 4) is 5.75 Å². The molecule has 0 spiro atoms. The van der Waals surface area contributed by atoms with E-state index in [0.717, 1.165) is 5.56 Å². The van der Waals surface area contributed by atoms with Gasteiger partial charge in [0.25, 0.3) is 0 Å². The summed E-state index contributed by atoms with van der Waals surface area (Å²) in [7, 11) is -2.73. The summed E-state index contributed by atoms with van der Waals surface area (Å²) in [4.78, 5) is 9.02. The minimum atomic E-state index is -2.73. The molecule has 0 aromatic heterocycles. The summed E-state index contributed by atoms with van der Waals surface area (Å²) in [6.45, 7) is 0. The van der Waals surface area contributed by atoms with E-state index in [1.54, 1.807) is 24.3 Å². The Kier molecular flexibility index (Phi) is 7.05. The second-order valence-electron chi connectivity index (χ2n) is 4.23. The molecule has 0 saturated heterocycles. The third-order valence-corrected chi connectivity index (χ3v) is 3.76. The van der Waals surface area contributed by atoms with E-state index < -0.39 is 13.9 Å². The highest BCUT2D eigenvalue weighted by molar-refractivity contribution is 7.32. The smallest absolute Gasteiger partial charge is 0.508 e. The average Bonchev–Trinajstić information content (AvgIpc) is 2.32. The number of hydrogen-bond acceptors (Lipinski definition) is 3. The van der Waals surface area contributed by atoms with Crippen LogP contribution in [0.1, 0.15) is 18.4 Å². The van der Waals surface area contributed by atoms with Crippen LogP contribution in [0.5, 0.6) is 5.75 Å². The lowest BCUT2D eigenvalue weighted by Gasteiger charge is -2.26. The Morgan fingerprint density at radius 3 is 2.11 bits per heavy atom. The number of alkyl halides is 2. The standard InChI is InChI=1S/C12H15Cl2O4P/c13-7-5-12(6-8-14,18-19(16)17)9-10-1-3-11(15)4-2-10/h1-4H,5-9H2,(H-,15,16,17)/p+1. The van der Waals surface area contributed by atoms with E-state index in [4.69, 9.17) is 32.6 Å². The van der Waals surface area contributed by atoms with Gasteiger partial charge in [-0.2, -0.15) is 0 Å². The largest absolute Gasteiger partial charge is 0.695 e. The fourth-order valence-electron chi connectivity index (χ4n) is 1.92. The van der Waals surface area contributed by atoms with Crippen LogP contribution in [0.25, 0.3) is 0 Å². The Labute approximate surface area is 123 Å². The maximum atomic E-state index is 11.0. The zero-order valence-electron chi connectivity index (χ0n) is 10.3. The summed E-state index contributed by atoms with van der Waals surface area (Å²) in [5.41, 5.74) is 0.0211. The van der Waals surface area contributed by atoms with Gasteiger partial charge in [0.2, 0.25) is 0 Å². The molecule has 0 aliphatic heterocycles. The van der Waals surface area contributed by atoms with Crippen LogP contribution in [0.3, 0.4) is 0 Å². The second-order valence-corrected chi connectivity index (χ2v) is 5.65. The SMILES string of the molecule is O=[P+](O)OC(CCCl)(CCCl)Cc1ccc(O)cc1. The highest BCUT2D eigenvalue weighted by Crippen LogP contribution is 2.35.